The van der Waals surface area contributed by atoms with Crippen molar-refractivity contribution in [2.45, 2.75) is 70.1 Å². The van der Waals surface area contributed by atoms with Crippen molar-refractivity contribution in [2.75, 3.05) is 6.54 Å². The summed E-state index contributed by atoms with van der Waals surface area (Å²) in [6, 6.07) is 0.210. The number of hydrogen-bond donors (Lipinski definition) is 1. The Morgan fingerprint density at radius 2 is 1.76 bits per heavy atom. The van der Waals surface area contributed by atoms with Crippen molar-refractivity contribution < 1.29 is 18.0 Å². The fraction of sp³-hybridized carbons (Fsp3) is 0.933. The fourth-order valence-electron chi connectivity index (χ4n) is 3.79. The third-order valence-corrected chi connectivity index (χ3v) is 5.09. The molecule has 0 aromatic carbocycles. The van der Waals surface area contributed by atoms with E-state index < -0.39 is 12.1 Å². The van der Waals surface area contributed by atoms with Crippen LogP contribution in [0, 0.1) is 11.8 Å². The Labute approximate surface area is 124 Å². The van der Waals surface area contributed by atoms with Crippen LogP contribution in [0.5, 0.6) is 0 Å². The first-order chi connectivity index (χ1) is 9.84. The zero-order valence-corrected chi connectivity index (χ0v) is 12.5. The summed E-state index contributed by atoms with van der Waals surface area (Å²) in [4.78, 5) is 14.5. The van der Waals surface area contributed by atoms with Gasteiger partial charge in [0.05, 0.1) is 5.92 Å². The average Bonchev–Trinajstić information content (AvgIpc) is 2.45. The lowest BCUT2D eigenvalue weighted by molar-refractivity contribution is -0.186. The van der Waals surface area contributed by atoms with Crippen LogP contribution < -0.4 is 5.73 Å². The van der Waals surface area contributed by atoms with Crippen molar-refractivity contribution in [3.8, 4) is 0 Å². The monoisotopic (exact) mass is 306 g/mol. The molecule has 2 fully saturated rings. The molecule has 1 amide bonds. The summed E-state index contributed by atoms with van der Waals surface area (Å²) < 4.78 is 38.1. The van der Waals surface area contributed by atoms with E-state index in [2.05, 4.69) is 0 Å². The minimum absolute atomic E-state index is 0.0262. The molecule has 0 spiro atoms. The summed E-state index contributed by atoms with van der Waals surface area (Å²) in [5, 5.41) is 0. The van der Waals surface area contributed by atoms with Crippen molar-refractivity contribution in [1.29, 1.82) is 0 Å². The van der Waals surface area contributed by atoms with Gasteiger partial charge in [0.25, 0.3) is 0 Å². The number of alkyl halides is 3. The van der Waals surface area contributed by atoms with E-state index in [0.717, 1.165) is 19.3 Å². The number of amides is 1. The molecule has 1 heterocycles. The lowest BCUT2D eigenvalue weighted by Gasteiger charge is -2.43. The molecule has 2 aliphatic rings. The average molecular weight is 306 g/mol. The van der Waals surface area contributed by atoms with Gasteiger partial charge < -0.3 is 10.6 Å². The van der Waals surface area contributed by atoms with Crippen molar-refractivity contribution in [2.24, 2.45) is 17.6 Å². The van der Waals surface area contributed by atoms with Crippen molar-refractivity contribution in [3.05, 3.63) is 0 Å². The molecule has 0 radical (unpaired) electrons. The molecule has 0 aromatic heterocycles. The van der Waals surface area contributed by atoms with E-state index in [0.29, 0.717) is 19.4 Å². The standard InChI is InChI=1S/C15H25F3N2O/c1-10-3-2-4-13(9-19)20(10)14(21)11-5-7-12(8-6-11)15(16,17)18/h10-13H,2-9,19H2,1H3. The molecule has 6 heteroatoms. The zero-order valence-electron chi connectivity index (χ0n) is 12.5. The number of nitrogens with two attached hydrogens (primary N) is 1. The maximum atomic E-state index is 12.7. The molecule has 21 heavy (non-hydrogen) atoms. The summed E-state index contributed by atoms with van der Waals surface area (Å²) in [5.41, 5.74) is 5.76. The third-order valence-electron chi connectivity index (χ3n) is 5.09. The maximum Gasteiger partial charge on any atom is 0.391 e. The van der Waals surface area contributed by atoms with Gasteiger partial charge in [0.15, 0.2) is 0 Å². The molecule has 122 valence electrons. The molecule has 2 atom stereocenters. The second-order valence-electron chi connectivity index (χ2n) is 6.51. The highest BCUT2D eigenvalue weighted by Crippen LogP contribution is 2.40. The van der Waals surface area contributed by atoms with Crippen LogP contribution in [-0.4, -0.2) is 35.6 Å². The van der Waals surface area contributed by atoms with Gasteiger partial charge in [-0.25, -0.2) is 0 Å². The smallest absolute Gasteiger partial charge is 0.336 e. The van der Waals surface area contributed by atoms with Crippen molar-refractivity contribution >= 4 is 5.91 Å². The predicted octanol–water partition coefficient (Wildman–Crippen LogP) is 3.08. The molecule has 0 bridgehead atoms. The Kier molecular flexibility index (Phi) is 5.17. The molecule has 0 aromatic rings. The molecule has 2 N–H and O–H groups in total. The van der Waals surface area contributed by atoms with Crippen LogP contribution >= 0.6 is 0 Å². The number of halogens is 3. The SMILES string of the molecule is CC1CCCC(CN)N1C(=O)C1CCC(C(F)(F)F)CC1. The second kappa shape index (κ2) is 6.55. The molecular weight excluding hydrogens is 281 g/mol. The van der Waals surface area contributed by atoms with Gasteiger partial charge in [-0.1, -0.05) is 0 Å². The minimum Gasteiger partial charge on any atom is -0.336 e. The lowest BCUT2D eigenvalue weighted by Crippen LogP contribution is -2.54. The molecular formula is C15H25F3N2O. The lowest BCUT2D eigenvalue weighted by atomic mass is 9.80. The van der Waals surface area contributed by atoms with E-state index in [1.165, 1.54) is 0 Å². The number of carbonyl (C=O) groups is 1. The van der Waals surface area contributed by atoms with E-state index in [-0.39, 0.29) is 36.8 Å². The van der Waals surface area contributed by atoms with Crippen LogP contribution in [-0.2, 0) is 4.79 Å². The fourth-order valence-corrected chi connectivity index (χ4v) is 3.79. The number of likely N-dealkylation sites (tertiary alicyclic amines) is 1. The van der Waals surface area contributed by atoms with Gasteiger partial charge in [-0.05, 0) is 51.9 Å². The highest BCUT2D eigenvalue weighted by molar-refractivity contribution is 5.79. The Bertz CT molecular complexity index is 364. The van der Waals surface area contributed by atoms with Crippen LogP contribution in [0.25, 0.3) is 0 Å². The number of nitrogens with zero attached hydrogens (tertiary/aromatic N) is 1. The van der Waals surface area contributed by atoms with Crippen LogP contribution in [0.3, 0.4) is 0 Å². The topological polar surface area (TPSA) is 46.3 Å². The summed E-state index contributed by atoms with van der Waals surface area (Å²) in [6.45, 7) is 2.45. The van der Waals surface area contributed by atoms with Crippen molar-refractivity contribution in [3.63, 3.8) is 0 Å². The predicted molar refractivity (Wildman–Crippen MR) is 74.5 cm³/mol. The van der Waals surface area contributed by atoms with E-state index in [4.69, 9.17) is 5.73 Å². The number of carbonyl (C=O) groups excluding carboxylic acids is 1. The molecule has 1 saturated heterocycles. The molecule has 2 unspecified atom stereocenters. The first-order valence-electron chi connectivity index (χ1n) is 7.93. The van der Waals surface area contributed by atoms with Gasteiger partial charge in [0.2, 0.25) is 5.91 Å². The molecule has 2 rings (SSSR count). The van der Waals surface area contributed by atoms with E-state index in [9.17, 15) is 18.0 Å². The largest absolute Gasteiger partial charge is 0.391 e. The highest BCUT2D eigenvalue weighted by Gasteiger charge is 2.44. The molecule has 1 aliphatic carbocycles. The molecule has 1 aliphatic heterocycles. The molecule has 3 nitrogen and oxygen atoms in total. The molecule has 1 saturated carbocycles. The summed E-state index contributed by atoms with van der Waals surface area (Å²) in [7, 11) is 0. The number of hydrogen-bond acceptors (Lipinski definition) is 2. The summed E-state index contributed by atoms with van der Waals surface area (Å²) >= 11 is 0. The van der Waals surface area contributed by atoms with E-state index in [1.807, 2.05) is 11.8 Å². The maximum absolute atomic E-state index is 12.7. The van der Waals surface area contributed by atoms with Crippen LogP contribution in [0.4, 0.5) is 13.2 Å². The quantitative estimate of drug-likeness (QED) is 0.852. The highest BCUT2D eigenvalue weighted by atomic mass is 19.4. The van der Waals surface area contributed by atoms with Gasteiger partial charge in [0, 0.05) is 24.5 Å². The zero-order chi connectivity index (χ0) is 15.6. The van der Waals surface area contributed by atoms with E-state index in [1.54, 1.807) is 0 Å². The number of rotatable bonds is 2. The Hall–Kier alpha value is -0.780. The summed E-state index contributed by atoms with van der Waals surface area (Å²) in [6.07, 6.45) is -0.331. The van der Waals surface area contributed by atoms with Crippen molar-refractivity contribution in [1.82, 2.24) is 4.90 Å². The number of piperidine rings is 1. The van der Waals surface area contributed by atoms with Crippen LogP contribution in [0.15, 0.2) is 0 Å². The van der Waals surface area contributed by atoms with Gasteiger partial charge >= 0.3 is 6.18 Å². The normalized spacial score (nSPS) is 34.8. The van der Waals surface area contributed by atoms with Gasteiger partial charge in [0.1, 0.15) is 0 Å². The van der Waals surface area contributed by atoms with Gasteiger partial charge in [-0.3, -0.25) is 4.79 Å². The third kappa shape index (κ3) is 3.71. The van der Waals surface area contributed by atoms with Crippen LogP contribution in [0.2, 0.25) is 0 Å². The Balaban J connectivity index is 1.97. The van der Waals surface area contributed by atoms with E-state index >= 15 is 0 Å². The summed E-state index contributed by atoms with van der Waals surface area (Å²) in [5.74, 6) is -1.46. The van der Waals surface area contributed by atoms with Crippen LogP contribution in [0.1, 0.15) is 51.9 Å². The van der Waals surface area contributed by atoms with Gasteiger partial charge in [-0.2, -0.15) is 13.2 Å². The second-order valence-corrected chi connectivity index (χ2v) is 6.51. The van der Waals surface area contributed by atoms with Gasteiger partial charge in [-0.15, -0.1) is 0 Å². The minimum atomic E-state index is -4.12. The Morgan fingerprint density at radius 3 is 2.29 bits per heavy atom. The Morgan fingerprint density at radius 1 is 1.14 bits per heavy atom. The first-order valence-corrected chi connectivity index (χ1v) is 7.93. The first kappa shape index (κ1) is 16.6.